The van der Waals surface area contributed by atoms with Crippen molar-refractivity contribution in [2.24, 2.45) is 5.73 Å². The predicted octanol–water partition coefficient (Wildman–Crippen LogP) is 3.27. The largest absolute Gasteiger partial charge is 0.376 e. The number of carbonyl (C=O) groups is 2. The highest BCUT2D eigenvalue weighted by atomic mass is 32.2. The molecule has 0 radical (unpaired) electrons. The van der Waals surface area contributed by atoms with E-state index in [0.717, 1.165) is 37.2 Å². The van der Waals surface area contributed by atoms with Gasteiger partial charge in [0.1, 0.15) is 11.4 Å². The number of thioether (sulfide) groups is 1. The topological polar surface area (TPSA) is 101 Å². The fourth-order valence-electron chi connectivity index (χ4n) is 6.15. The number of likely N-dealkylation sites (N-methyl/N-ethyl adjacent to an activating group) is 1. The number of aromatic nitrogens is 1. The van der Waals surface area contributed by atoms with Crippen LogP contribution in [-0.2, 0) is 14.3 Å². The number of primary amides is 1. The van der Waals surface area contributed by atoms with Crippen molar-refractivity contribution in [2.75, 3.05) is 70.7 Å². The minimum Gasteiger partial charge on any atom is -0.376 e. The Morgan fingerprint density at radius 1 is 1.05 bits per heavy atom. The molecule has 0 saturated carbocycles. The van der Waals surface area contributed by atoms with Gasteiger partial charge in [0.05, 0.1) is 37.2 Å². The third-order valence-electron chi connectivity index (χ3n) is 8.51. The number of hydrogen-bond donors (Lipinski definition) is 1. The molecule has 2 aromatic rings. The molecule has 5 rings (SSSR count). The van der Waals surface area contributed by atoms with E-state index in [1.54, 1.807) is 11.8 Å². The molecule has 2 amide bonds. The second-order valence-corrected chi connectivity index (χ2v) is 11.9. The Kier molecular flexibility index (Phi) is 9.30. The van der Waals surface area contributed by atoms with E-state index in [1.807, 2.05) is 29.0 Å². The molecule has 0 aliphatic carbocycles. The number of pyridine rings is 1. The van der Waals surface area contributed by atoms with E-state index in [4.69, 9.17) is 20.2 Å². The van der Waals surface area contributed by atoms with E-state index in [1.165, 1.54) is 11.3 Å². The second-order valence-electron chi connectivity index (χ2n) is 11.0. The summed E-state index contributed by atoms with van der Waals surface area (Å²) in [5.41, 5.74) is 7.67. The summed E-state index contributed by atoms with van der Waals surface area (Å²) >= 11 is 1.70. The number of hydrogen-bond acceptors (Lipinski definition) is 8. The third-order valence-corrected chi connectivity index (χ3v) is 9.26. The fourth-order valence-corrected chi connectivity index (χ4v) is 6.56. The average Bonchev–Trinajstić information content (AvgIpc) is 3.01. The lowest BCUT2D eigenvalue weighted by molar-refractivity contribution is -0.134. The first-order valence-electron chi connectivity index (χ1n) is 14.3. The van der Waals surface area contributed by atoms with Gasteiger partial charge in [0.25, 0.3) is 5.91 Å². The van der Waals surface area contributed by atoms with Gasteiger partial charge in [-0.15, -0.1) is 11.8 Å². The predicted molar refractivity (Wildman–Crippen MR) is 158 cm³/mol. The number of carbonyl (C=O) groups excluding carboxylic acids is 2. The number of likely N-dealkylation sites (tertiary alicyclic amines) is 2. The molecular weight excluding hydrogens is 526 g/mol. The zero-order valence-electron chi connectivity index (χ0n) is 23.6. The lowest BCUT2D eigenvalue weighted by Gasteiger charge is -2.48. The summed E-state index contributed by atoms with van der Waals surface area (Å²) in [4.78, 5) is 39.0. The fraction of sp³-hybridized carbons (Fsp3) is 0.567. The van der Waals surface area contributed by atoms with Gasteiger partial charge in [-0.25, -0.2) is 4.98 Å². The Balaban J connectivity index is 1.39. The molecule has 3 aliphatic rings. The summed E-state index contributed by atoms with van der Waals surface area (Å²) in [7, 11) is 1.95. The molecule has 3 saturated heterocycles. The summed E-state index contributed by atoms with van der Waals surface area (Å²) in [5, 5.41) is 0. The Morgan fingerprint density at radius 2 is 1.77 bits per heavy atom. The SMILES string of the molecule is CSc1ccc(-c2ccc(C(=O)N3CCC(C(N)=O)(N4CCCCC4)CC3)c(N(C)CC3COCCO3)n2)cc1. The van der Waals surface area contributed by atoms with Gasteiger partial charge in [-0.05, 0) is 69.3 Å². The van der Waals surface area contributed by atoms with Crippen LogP contribution in [0.15, 0.2) is 41.3 Å². The number of rotatable bonds is 8. The molecule has 1 aromatic carbocycles. The Morgan fingerprint density at radius 3 is 2.40 bits per heavy atom. The molecule has 9 nitrogen and oxygen atoms in total. The molecule has 0 spiro atoms. The van der Waals surface area contributed by atoms with E-state index in [2.05, 4.69) is 35.4 Å². The molecule has 40 heavy (non-hydrogen) atoms. The lowest BCUT2D eigenvalue weighted by Crippen LogP contribution is -2.63. The monoisotopic (exact) mass is 567 g/mol. The maximum absolute atomic E-state index is 14.0. The van der Waals surface area contributed by atoms with Crippen molar-refractivity contribution in [3.63, 3.8) is 0 Å². The molecule has 1 atom stereocenters. The normalized spacial score (nSPS) is 21.6. The maximum atomic E-state index is 14.0. The van der Waals surface area contributed by atoms with E-state index >= 15 is 0 Å². The van der Waals surface area contributed by atoms with Crippen molar-refractivity contribution in [1.82, 2.24) is 14.8 Å². The van der Waals surface area contributed by atoms with Crippen molar-refractivity contribution in [3.8, 4) is 11.3 Å². The minimum atomic E-state index is -0.666. The summed E-state index contributed by atoms with van der Waals surface area (Å²) < 4.78 is 11.5. The van der Waals surface area contributed by atoms with Gasteiger partial charge in [-0.3, -0.25) is 14.5 Å². The van der Waals surface area contributed by atoms with Crippen molar-refractivity contribution in [2.45, 2.75) is 48.6 Å². The number of anilines is 1. The van der Waals surface area contributed by atoms with Crippen molar-refractivity contribution in [3.05, 3.63) is 42.0 Å². The molecule has 1 unspecified atom stereocenters. The van der Waals surface area contributed by atoms with Crippen LogP contribution in [0.5, 0.6) is 0 Å². The summed E-state index contributed by atoms with van der Waals surface area (Å²) in [6.45, 7) is 4.99. The van der Waals surface area contributed by atoms with Crippen LogP contribution in [0.1, 0.15) is 42.5 Å². The average molecular weight is 568 g/mol. The number of benzene rings is 1. The molecule has 10 heteroatoms. The Labute approximate surface area is 241 Å². The number of amides is 2. The first-order valence-corrected chi connectivity index (χ1v) is 15.5. The van der Waals surface area contributed by atoms with Crippen LogP contribution in [0.3, 0.4) is 0 Å². The molecular formula is C30H41N5O4S. The first kappa shape index (κ1) is 28.9. The highest BCUT2D eigenvalue weighted by Crippen LogP contribution is 2.33. The number of nitrogens with two attached hydrogens (primary N) is 1. The summed E-state index contributed by atoms with van der Waals surface area (Å²) in [6.07, 6.45) is 6.43. The third kappa shape index (κ3) is 6.15. The van der Waals surface area contributed by atoms with Crippen LogP contribution >= 0.6 is 11.8 Å². The van der Waals surface area contributed by atoms with Gasteiger partial charge in [-0.2, -0.15) is 0 Å². The molecule has 3 aliphatic heterocycles. The zero-order chi connectivity index (χ0) is 28.1. The molecule has 4 heterocycles. The van der Waals surface area contributed by atoms with E-state index in [-0.39, 0.29) is 17.9 Å². The van der Waals surface area contributed by atoms with Crippen molar-refractivity contribution < 1.29 is 19.1 Å². The van der Waals surface area contributed by atoms with E-state index in [0.29, 0.717) is 63.7 Å². The van der Waals surface area contributed by atoms with Gasteiger partial charge in [0.2, 0.25) is 5.91 Å². The molecule has 3 fully saturated rings. The quantitative estimate of drug-likeness (QED) is 0.485. The Bertz CT molecular complexity index is 1170. The summed E-state index contributed by atoms with van der Waals surface area (Å²) in [5.74, 6) is 0.277. The van der Waals surface area contributed by atoms with Crippen LogP contribution in [0, 0.1) is 0 Å². The molecule has 1 aromatic heterocycles. The van der Waals surface area contributed by atoms with Crippen LogP contribution in [0.2, 0.25) is 0 Å². The van der Waals surface area contributed by atoms with Crippen LogP contribution in [-0.4, -0.2) is 104 Å². The lowest BCUT2D eigenvalue weighted by atomic mass is 9.83. The minimum absolute atomic E-state index is 0.0730. The number of piperidine rings is 2. The van der Waals surface area contributed by atoms with Gasteiger partial charge in [0, 0.05) is 37.1 Å². The van der Waals surface area contributed by atoms with Gasteiger partial charge in [-0.1, -0.05) is 18.6 Å². The first-order chi connectivity index (χ1) is 19.4. The molecule has 0 bridgehead atoms. The van der Waals surface area contributed by atoms with Crippen LogP contribution in [0.25, 0.3) is 11.3 Å². The highest BCUT2D eigenvalue weighted by Gasteiger charge is 2.46. The highest BCUT2D eigenvalue weighted by molar-refractivity contribution is 7.98. The standard InChI is InChI=1S/C30H41N5O4S/c1-33(20-23-21-38-18-19-39-23)27-25(10-11-26(32-27)22-6-8-24(40-2)9-7-22)28(36)34-16-12-30(13-17-34,29(31)37)35-14-4-3-5-15-35/h6-11,23H,3-5,12-21H2,1-2H3,(H2,31,37). The van der Waals surface area contributed by atoms with Gasteiger partial charge < -0.3 is 25.0 Å². The number of ether oxygens (including phenoxy) is 2. The van der Waals surface area contributed by atoms with E-state index in [9.17, 15) is 9.59 Å². The maximum Gasteiger partial charge on any atom is 0.257 e. The second kappa shape index (κ2) is 12.9. The Hall–Kier alpha value is -2.66. The van der Waals surface area contributed by atoms with Crippen molar-refractivity contribution in [1.29, 1.82) is 0 Å². The van der Waals surface area contributed by atoms with E-state index < -0.39 is 5.54 Å². The zero-order valence-corrected chi connectivity index (χ0v) is 24.5. The summed E-state index contributed by atoms with van der Waals surface area (Å²) in [6, 6.07) is 12.1. The molecule has 2 N–H and O–H groups in total. The van der Waals surface area contributed by atoms with Gasteiger partial charge >= 0.3 is 0 Å². The van der Waals surface area contributed by atoms with Gasteiger partial charge in [0.15, 0.2) is 0 Å². The molecule has 216 valence electrons. The van der Waals surface area contributed by atoms with Crippen LogP contribution in [0.4, 0.5) is 5.82 Å². The van der Waals surface area contributed by atoms with Crippen molar-refractivity contribution >= 4 is 29.4 Å². The smallest absolute Gasteiger partial charge is 0.257 e. The van der Waals surface area contributed by atoms with Crippen LogP contribution < -0.4 is 10.6 Å². The number of nitrogens with zero attached hydrogens (tertiary/aromatic N) is 4.